The highest BCUT2D eigenvalue weighted by molar-refractivity contribution is 6.10. The number of nitrogens with zero attached hydrogens (tertiary/aromatic N) is 5. The van der Waals surface area contributed by atoms with Crippen LogP contribution in [-0.4, -0.2) is 92.0 Å². The fourth-order valence-electron chi connectivity index (χ4n) is 5.21. The molecule has 1 aromatic heterocycles. The van der Waals surface area contributed by atoms with E-state index in [-0.39, 0.29) is 11.9 Å². The molecule has 3 fully saturated rings. The number of benzene rings is 1. The maximum atomic E-state index is 12.2. The third kappa shape index (κ3) is 5.18. The van der Waals surface area contributed by atoms with Gasteiger partial charge in [-0.2, -0.15) is 0 Å². The fraction of sp³-hybridized carbons (Fsp3) is 0.519. The van der Waals surface area contributed by atoms with Gasteiger partial charge in [0.2, 0.25) is 5.91 Å². The molecule has 8 nitrogen and oxygen atoms in total. The molecule has 3 saturated heterocycles. The minimum atomic E-state index is 0.0665. The highest BCUT2D eigenvalue weighted by Crippen LogP contribution is 2.29. The molecule has 0 saturated carbocycles. The van der Waals surface area contributed by atoms with E-state index in [4.69, 9.17) is 20.4 Å². The smallest absolute Gasteiger partial charge is 0.219 e. The Kier molecular flexibility index (Phi) is 7.02. The van der Waals surface area contributed by atoms with Crippen molar-refractivity contribution >= 4 is 33.9 Å². The van der Waals surface area contributed by atoms with E-state index in [1.807, 2.05) is 11.1 Å². The van der Waals surface area contributed by atoms with Crippen molar-refractivity contribution in [3.05, 3.63) is 41.6 Å². The van der Waals surface area contributed by atoms with Gasteiger partial charge in [0.1, 0.15) is 5.82 Å². The number of carbonyl (C=O) groups excluding carboxylic acids is 1. The number of likely N-dealkylation sites (N-methyl/N-ethyl adjacent to an activating group) is 1. The largest absolute Gasteiger partial charge is 0.398 e. The van der Waals surface area contributed by atoms with Crippen LogP contribution in [0, 0.1) is 0 Å². The number of amides is 1. The third-order valence-corrected chi connectivity index (χ3v) is 7.48. The lowest BCUT2D eigenvalue weighted by Gasteiger charge is -2.33. The number of hydrogen-bond acceptors (Lipinski definition) is 7. The lowest BCUT2D eigenvalue weighted by molar-refractivity contribution is -0.128. The summed E-state index contributed by atoms with van der Waals surface area (Å²) in [7, 11) is 2.16. The van der Waals surface area contributed by atoms with E-state index in [1.165, 1.54) is 0 Å². The number of carbonyl (C=O) groups is 1. The molecule has 186 valence electrons. The molecule has 0 unspecified atom stereocenters. The zero-order valence-corrected chi connectivity index (χ0v) is 20.9. The number of aromatic nitrogens is 1. The molecule has 2 N–H and O–H groups in total. The van der Waals surface area contributed by atoms with Crippen molar-refractivity contribution in [2.24, 2.45) is 10.7 Å². The summed E-state index contributed by atoms with van der Waals surface area (Å²) >= 11 is 0. The Bertz CT molecular complexity index is 1150. The van der Waals surface area contributed by atoms with Gasteiger partial charge in [-0.05, 0) is 31.3 Å². The normalized spacial score (nSPS) is 23.2. The average Bonchev–Trinajstić information content (AvgIpc) is 2.89. The van der Waals surface area contributed by atoms with Crippen LogP contribution in [0.15, 0.2) is 41.0 Å². The summed E-state index contributed by atoms with van der Waals surface area (Å²) in [5.41, 5.74) is 10.5. The molecule has 1 amide bonds. The molecule has 0 radical (unpaired) electrons. The lowest BCUT2D eigenvalue weighted by atomic mass is 9.94. The zero-order chi connectivity index (χ0) is 24.4. The van der Waals surface area contributed by atoms with Crippen LogP contribution >= 0.6 is 0 Å². The van der Waals surface area contributed by atoms with Gasteiger partial charge in [-0.25, -0.2) is 4.98 Å². The van der Waals surface area contributed by atoms with Gasteiger partial charge in [0, 0.05) is 100.0 Å². The van der Waals surface area contributed by atoms with Crippen molar-refractivity contribution in [1.29, 1.82) is 0 Å². The number of piperazine rings is 1. The fourth-order valence-corrected chi connectivity index (χ4v) is 5.21. The lowest BCUT2D eigenvalue weighted by Crippen LogP contribution is -2.44. The molecule has 0 bridgehead atoms. The number of piperidine rings is 1. The number of hydrogen-bond donors (Lipinski definition) is 1. The second kappa shape index (κ2) is 10.3. The summed E-state index contributed by atoms with van der Waals surface area (Å²) in [4.78, 5) is 28.7. The summed E-state index contributed by atoms with van der Waals surface area (Å²) in [6.45, 7) is 8.34. The molecular weight excluding hydrogens is 440 g/mol. The van der Waals surface area contributed by atoms with Crippen molar-refractivity contribution in [2.45, 2.75) is 32.2 Å². The molecule has 0 atom stereocenters. The van der Waals surface area contributed by atoms with E-state index in [2.05, 4.69) is 41.1 Å². The number of likely N-dealkylation sites (tertiary alicyclic amines) is 1. The van der Waals surface area contributed by atoms with Gasteiger partial charge in [-0.1, -0.05) is 18.2 Å². The first kappa shape index (κ1) is 23.8. The minimum absolute atomic E-state index is 0.0665. The van der Waals surface area contributed by atoms with Gasteiger partial charge in [0.05, 0.1) is 6.04 Å². The van der Waals surface area contributed by atoms with Gasteiger partial charge in [-0.3, -0.25) is 9.79 Å². The van der Waals surface area contributed by atoms with Crippen LogP contribution in [0.5, 0.6) is 0 Å². The molecule has 5 rings (SSSR count). The predicted octanol–water partition coefficient (Wildman–Crippen LogP) is 2.53. The quantitative estimate of drug-likeness (QED) is 0.733. The standard InChI is InChI=1S/C27H36N6O2/c1-19(34)33-9-6-25(30-21-7-14-35-15-8-21)24(18-33)27(28)22-5-3-4-20-16-26(29-17-23(20)22)32-12-10-31(2)11-13-32/h3-5,16-17,21H,6-15,18,28H2,1-2H3. The highest BCUT2D eigenvalue weighted by Gasteiger charge is 2.26. The average molecular weight is 477 g/mol. The molecular formula is C27H36N6O2. The molecule has 4 heterocycles. The van der Waals surface area contributed by atoms with Crippen molar-refractivity contribution < 1.29 is 9.53 Å². The summed E-state index contributed by atoms with van der Waals surface area (Å²) in [5.74, 6) is 1.08. The first-order valence-corrected chi connectivity index (χ1v) is 12.7. The number of ether oxygens (including phenoxy) is 1. The molecule has 35 heavy (non-hydrogen) atoms. The number of aliphatic imine (C=N–C) groups is 1. The maximum Gasteiger partial charge on any atom is 0.219 e. The van der Waals surface area contributed by atoms with Crippen LogP contribution in [0.1, 0.15) is 31.7 Å². The van der Waals surface area contributed by atoms with Crippen molar-refractivity contribution in [1.82, 2.24) is 14.8 Å². The Hall–Kier alpha value is -2.97. The Morgan fingerprint density at radius 1 is 1.14 bits per heavy atom. The van der Waals surface area contributed by atoms with E-state index in [1.54, 1.807) is 6.92 Å². The minimum Gasteiger partial charge on any atom is -0.398 e. The zero-order valence-electron chi connectivity index (χ0n) is 20.9. The SMILES string of the molecule is CC(=O)N1CCC(=NC2CCOCC2)C(=C(N)c2cccc3cc(N4CCN(C)CC4)ncc23)C1. The monoisotopic (exact) mass is 476 g/mol. The van der Waals surface area contributed by atoms with Crippen LogP contribution in [0.3, 0.4) is 0 Å². The summed E-state index contributed by atoms with van der Waals surface area (Å²) in [5, 5.41) is 2.15. The number of anilines is 1. The highest BCUT2D eigenvalue weighted by atomic mass is 16.5. The molecule has 1 aromatic carbocycles. The topological polar surface area (TPSA) is 87.3 Å². The molecule has 3 aliphatic rings. The van der Waals surface area contributed by atoms with Crippen LogP contribution in [0.25, 0.3) is 16.5 Å². The summed E-state index contributed by atoms with van der Waals surface area (Å²) in [6, 6.07) is 8.66. The Morgan fingerprint density at radius 3 is 2.66 bits per heavy atom. The predicted molar refractivity (Wildman–Crippen MR) is 141 cm³/mol. The molecule has 3 aliphatic heterocycles. The number of pyridine rings is 1. The van der Waals surface area contributed by atoms with Gasteiger partial charge < -0.3 is 25.2 Å². The first-order chi connectivity index (χ1) is 17.0. The van der Waals surface area contributed by atoms with Gasteiger partial charge in [0.15, 0.2) is 0 Å². The first-order valence-electron chi connectivity index (χ1n) is 12.7. The molecule has 2 aromatic rings. The Morgan fingerprint density at radius 2 is 1.91 bits per heavy atom. The molecule has 0 spiro atoms. The molecule has 8 heteroatoms. The summed E-state index contributed by atoms with van der Waals surface area (Å²) in [6.07, 6.45) is 4.54. The van der Waals surface area contributed by atoms with E-state index < -0.39 is 0 Å². The second-order valence-corrected chi connectivity index (χ2v) is 9.86. The van der Waals surface area contributed by atoms with Crippen LogP contribution in [0.4, 0.5) is 5.82 Å². The number of fused-ring (bicyclic) bond motifs is 1. The Balaban J connectivity index is 1.52. The van der Waals surface area contributed by atoms with Crippen molar-refractivity contribution in [3.8, 4) is 0 Å². The van der Waals surface area contributed by atoms with Crippen LogP contribution in [-0.2, 0) is 9.53 Å². The third-order valence-electron chi connectivity index (χ3n) is 7.48. The summed E-state index contributed by atoms with van der Waals surface area (Å²) < 4.78 is 5.52. The van der Waals surface area contributed by atoms with Gasteiger partial charge >= 0.3 is 0 Å². The van der Waals surface area contributed by atoms with Crippen molar-refractivity contribution in [3.63, 3.8) is 0 Å². The van der Waals surface area contributed by atoms with E-state index in [0.29, 0.717) is 18.8 Å². The second-order valence-electron chi connectivity index (χ2n) is 9.86. The molecule has 0 aliphatic carbocycles. The number of rotatable bonds is 3. The maximum absolute atomic E-state index is 12.2. The van der Waals surface area contributed by atoms with Crippen LogP contribution in [0.2, 0.25) is 0 Å². The number of nitrogens with two attached hydrogens (primary N) is 1. The van der Waals surface area contributed by atoms with E-state index in [0.717, 1.165) is 92.1 Å². The van der Waals surface area contributed by atoms with Gasteiger partial charge in [0.25, 0.3) is 0 Å². The van der Waals surface area contributed by atoms with E-state index >= 15 is 0 Å². The Labute approximate surface area is 207 Å². The van der Waals surface area contributed by atoms with Gasteiger partial charge in [-0.15, -0.1) is 0 Å². The van der Waals surface area contributed by atoms with Crippen molar-refractivity contribution in [2.75, 3.05) is 64.4 Å². The van der Waals surface area contributed by atoms with E-state index in [9.17, 15) is 4.79 Å². The van der Waals surface area contributed by atoms with Crippen LogP contribution < -0.4 is 10.6 Å².